The van der Waals surface area contributed by atoms with Crippen molar-refractivity contribution in [1.29, 1.82) is 0 Å². The average molecular weight is 544 g/mol. The van der Waals surface area contributed by atoms with E-state index in [0.29, 0.717) is 12.1 Å². The molecular formula is C26H30F5N3O4. The topological polar surface area (TPSA) is 90.9 Å². The van der Waals surface area contributed by atoms with Gasteiger partial charge in [-0.05, 0) is 63.0 Å². The number of hydrogen-bond acceptors (Lipinski definition) is 4. The predicted octanol–water partition coefficient (Wildman–Crippen LogP) is 4.78. The second-order valence-electron chi connectivity index (χ2n) is 9.79. The van der Waals surface area contributed by atoms with Crippen LogP contribution in [0.3, 0.4) is 0 Å². The second-order valence-corrected chi connectivity index (χ2v) is 9.79. The van der Waals surface area contributed by atoms with E-state index in [4.69, 9.17) is 14.6 Å². The maximum atomic E-state index is 14.3. The lowest BCUT2D eigenvalue weighted by Gasteiger charge is -2.35. The molecule has 2 aromatic rings. The van der Waals surface area contributed by atoms with Gasteiger partial charge in [-0.25, -0.2) is 18.4 Å². The van der Waals surface area contributed by atoms with Crippen LogP contribution in [0.4, 0.5) is 26.7 Å². The highest BCUT2D eigenvalue weighted by molar-refractivity contribution is 5.74. The van der Waals surface area contributed by atoms with Crippen molar-refractivity contribution in [2.75, 3.05) is 13.1 Å². The lowest BCUT2D eigenvalue weighted by molar-refractivity contribution is -0.192. The van der Waals surface area contributed by atoms with Gasteiger partial charge in [-0.1, -0.05) is 18.2 Å². The van der Waals surface area contributed by atoms with Crippen LogP contribution in [-0.2, 0) is 24.3 Å². The molecule has 2 heterocycles. The first-order valence-corrected chi connectivity index (χ1v) is 12.1. The molecule has 1 fully saturated rings. The van der Waals surface area contributed by atoms with E-state index in [1.54, 1.807) is 4.90 Å². The van der Waals surface area contributed by atoms with E-state index in [1.165, 1.54) is 12.1 Å². The smallest absolute Gasteiger partial charge is 0.487 e. The second kappa shape index (κ2) is 12.0. The standard InChI is InChI=1S/C24H29F2N3O2.C2HF3O2/c1-24(2)13-18-11-16(3-6-22(18)31-24)14-28-23(30)29(20-7-9-27-10-8-20)15-17-4-5-19(25)12-21(17)26;3-2(4,5)1(6)7/h3-6,11-12,20,27H,7-10,13-15H2,1-2H3,(H,28,30);(H,6,7). The number of carbonyl (C=O) groups excluding carboxylic acids is 1. The first kappa shape index (κ1) is 29.2. The molecule has 0 aromatic heterocycles. The molecule has 7 nitrogen and oxygen atoms in total. The summed E-state index contributed by atoms with van der Waals surface area (Å²) in [5, 5.41) is 13.4. The third kappa shape index (κ3) is 8.04. The van der Waals surface area contributed by atoms with Crippen molar-refractivity contribution in [1.82, 2.24) is 15.5 Å². The van der Waals surface area contributed by atoms with Gasteiger partial charge in [0.25, 0.3) is 0 Å². The summed E-state index contributed by atoms with van der Waals surface area (Å²) in [6, 6.07) is 9.23. The van der Waals surface area contributed by atoms with Crippen molar-refractivity contribution in [3.8, 4) is 5.75 Å². The number of ether oxygens (including phenoxy) is 1. The zero-order valence-corrected chi connectivity index (χ0v) is 21.0. The van der Waals surface area contributed by atoms with Crippen LogP contribution >= 0.6 is 0 Å². The Labute approximate surface area is 217 Å². The van der Waals surface area contributed by atoms with Crippen LogP contribution in [0, 0.1) is 11.6 Å². The fourth-order valence-corrected chi connectivity index (χ4v) is 4.37. The van der Waals surface area contributed by atoms with Gasteiger partial charge in [0.1, 0.15) is 23.0 Å². The van der Waals surface area contributed by atoms with Crippen LogP contribution in [0.25, 0.3) is 0 Å². The Hall–Kier alpha value is -3.41. The number of carboxylic acids is 1. The number of piperidine rings is 1. The monoisotopic (exact) mass is 543 g/mol. The first-order chi connectivity index (χ1) is 17.7. The molecule has 2 aromatic carbocycles. The van der Waals surface area contributed by atoms with E-state index in [0.717, 1.165) is 55.3 Å². The molecule has 0 atom stereocenters. The van der Waals surface area contributed by atoms with Gasteiger partial charge in [0.05, 0.1) is 6.54 Å². The molecule has 0 aliphatic carbocycles. The Morgan fingerprint density at radius 3 is 2.39 bits per heavy atom. The summed E-state index contributed by atoms with van der Waals surface area (Å²) in [4.78, 5) is 23.7. The van der Waals surface area contributed by atoms with Crippen molar-refractivity contribution >= 4 is 12.0 Å². The Kier molecular flexibility index (Phi) is 9.18. The predicted molar refractivity (Wildman–Crippen MR) is 129 cm³/mol. The third-order valence-corrected chi connectivity index (χ3v) is 6.18. The SMILES string of the molecule is CC1(C)Cc2cc(CNC(=O)N(Cc3ccc(F)cc3F)C3CCNCC3)ccc2O1.O=C(O)C(F)(F)F. The minimum Gasteiger partial charge on any atom is -0.487 e. The van der Waals surface area contributed by atoms with Crippen molar-refractivity contribution in [2.45, 2.75) is 64.0 Å². The first-order valence-electron chi connectivity index (χ1n) is 12.1. The average Bonchev–Trinajstić information content (AvgIpc) is 3.15. The molecule has 0 unspecified atom stereocenters. The van der Waals surface area contributed by atoms with Gasteiger partial charge in [-0.15, -0.1) is 0 Å². The van der Waals surface area contributed by atoms with Crippen LogP contribution in [0.5, 0.6) is 5.75 Å². The summed E-state index contributed by atoms with van der Waals surface area (Å²) in [6.45, 7) is 6.20. The number of rotatable bonds is 5. The number of carboxylic acid groups (broad SMARTS) is 1. The molecule has 38 heavy (non-hydrogen) atoms. The zero-order chi connectivity index (χ0) is 28.1. The molecule has 0 spiro atoms. The molecule has 4 rings (SSSR count). The van der Waals surface area contributed by atoms with Gasteiger partial charge in [-0.3, -0.25) is 0 Å². The summed E-state index contributed by atoms with van der Waals surface area (Å²) in [6.07, 6.45) is -2.67. The van der Waals surface area contributed by atoms with E-state index in [-0.39, 0.29) is 24.2 Å². The molecule has 2 aliphatic rings. The summed E-state index contributed by atoms with van der Waals surface area (Å²) in [5.74, 6) is -3.12. The molecule has 12 heteroatoms. The minimum atomic E-state index is -5.08. The van der Waals surface area contributed by atoms with Crippen molar-refractivity contribution in [2.24, 2.45) is 0 Å². The van der Waals surface area contributed by atoms with Crippen LogP contribution in [0.2, 0.25) is 0 Å². The number of nitrogens with one attached hydrogen (secondary N) is 2. The van der Waals surface area contributed by atoms with Gasteiger partial charge < -0.3 is 25.4 Å². The molecule has 0 radical (unpaired) electrons. The number of carbonyl (C=O) groups is 2. The van der Waals surface area contributed by atoms with Crippen molar-refractivity contribution in [3.05, 3.63) is 64.7 Å². The van der Waals surface area contributed by atoms with Crippen molar-refractivity contribution in [3.63, 3.8) is 0 Å². The van der Waals surface area contributed by atoms with Gasteiger partial charge in [0.2, 0.25) is 0 Å². The number of benzene rings is 2. The Morgan fingerprint density at radius 2 is 1.79 bits per heavy atom. The number of halogens is 5. The highest BCUT2D eigenvalue weighted by Crippen LogP contribution is 2.35. The number of hydrogen-bond donors (Lipinski definition) is 3. The summed E-state index contributed by atoms with van der Waals surface area (Å²) in [7, 11) is 0. The van der Waals surface area contributed by atoms with E-state index in [1.807, 2.05) is 12.1 Å². The van der Waals surface area contributed by atoms with Crippen LogP contribution in [0.15, 0.2) is 36.4 Å². The van der Waals surface area contributed by atoms with Crippen LogP contribution in [0.1, 0.15) is 43.4 Å². The molecule has 0 saturated carbocycles. The van der Waals surface area contributed by atoms with E-state index in [9.17, 15) is 26.7 Å². The summed E-state index contributed by atoms with van der Waals surface area (Å²) < 4.78 is 65.2. The van der Waals surface area contributed by atoms with E-state index < -0.39 is 23.8 Å². The molecule has 2 amide bonds. The van der Waals surface area contributed by atoms with E-state index in [2.05, 4.69) is 30.5 Å². The number of nitrogens with zero attached hydrogens (tertiary/aromatic N) is 1. The van der Waals surface area contributed by atoms with E-state index >= 15 is 0 Å². The molecule has 2 aliphatic heterocycles. The van der Waals surface area contributed by atoms with Gasteiger partial charge in [-0.2, -0.15) is 13.2 Å². The Balaban J connectivity index is 0.000000505. The minimum absolute atomic E-state index is 0.0000715. The molecule has 0 bridgehead atoms. The third-order valence-electron chi connectivity index (χ3n) is 6.18. The molecular weight excluding hydrogens is 513 g/mol. The number of fused-ring (bicyclic) bond motifs is 1. The number of alkyl halides is 3. The van der Waals surface area contributed by atoms with Gasteiger partial charge in [0.15, 0.2) is 0 Å². The summed E-state index contributed by atoms with van der Waals surface area (Å²) >= 11 is 0. The van der Waals surface area contributed by atoms with Crippen LogP contribution < -0.4 is 15.4 Å². The van der Waals surface area contributed by atoms with Gasteiger partial charge >= 0.3 is 18.2 Å². The molecule has 208 valence electrons. The lowest BCUT2D eigenvalue weighted by Crippen LogP contribution is -2.49. The maximum Gasteiger partial charge on any atom is 0.490 e. The quantitative estimate of drug-likeness (QED) is 0.473. The fraction of sp³-hybridized carbons (Fsp3) is 0.462. The Bertz CT molecular complexity index is 1150. The largest absolute Gasteiger partial charge is 0.490 e. The number of urea groups is 1. The fourth-order valence-electron chi connectivity index (χ4n) is 4.37. The molecule has 1 saturated heterocycles. The number of aliphatic carboxylic acids is 1. The lowest BCUT2D eigenvalue weighted by atomic mass is 10.0. The van der Waals surface area contributed by atoms with Crippen molar-refractivity contribution < 1.29 is 41.4 Å². The number of amides is 2. The zero-order valence-electron chi connectivity index (χ0n) is 21.0. The molecule has 3 N–H and O–H groups in total. The summed E-state index contributed by atoms with van der Waals surface area (Å²) in [5.41, 5.74) is 2.23. The maximum absolute atomic E-state index is 14.3. The highest BCUT2D eigenvalue weighted by atomic mass is 19.4. The highest BCUT2D eigenvalue weighted by Gasteiger charge is 2.38. The van der Waals surface area contributed by atoms with Gasteiger partial charge in [0, 0.05) is 30.6 Å². The normalized spacial score (nSPS) is 16.5. The Morgan fingerprint density at radius 1 is 1.13 bits per heavy atom. The van der Waals surface area contributed by atoms with Crippen LogP contribution in [-0.4, -0.2) is 52.9 Å².